The molecule has 8 nitrogen and oxygen atoms in total. The van der Waals surface area contributed by atoms with Crippen LogP contribution in [0.2, 0.25) is 0 Å². The van der Waals surface area contributed by atoms with Crippen molar-refractivity contribution in [1.82, 2.24) is 0 Å². The van der Waals surface area contributed by atoms with Gasteiger partial charge in [-0.25, -0.2) is 9.59 Å². The zero-order valence-corrected chi connectivity index (χ0v) is 10.7. The number of carbonyl (C=O) groups is 2. The highest BCUT2D eigenvalue weighted by Gasteiger charge is 2.51. The Morgan fingerprint density at radius 1 is 1.05 bits per heavy atom. The van der Waals surface area contributed by atoms with Crippen LogP contribution < -0.4 is 4.74 Å². The number of esters is 2. The van der Waals surface area contributed by atoms with Gasteiger partial charge in [0.05, 0.1) is 17.1 Å². The van der Waals surface area contributed by atoms with Crippen LogP contribution >= 0.6 is 0 Å². The zero-order chi connectivity index (χ0) is 15.8. The van der Waals surface area contributed by atoms with Crippen LogP contribution in [0, 0.1) is 0 Å². The molecule has 0 radical (unpaired) electrons. The second-order valence-corrected chi connectivity index (χ2v) is 5.10. The standard InChI is InChI=1S/C14H8O8/c15-5-1-3-7-8-4(14(20)22-11(7)9(5)17)2-6(16)10(18)12(8)21-13(3)19/h1-2,7,11,15-18H/t7-,11-/m0/s1. The maximum Gasteiger partial charge on any atom is 0.340 e. The Labute approximate surface area is 122 Å². The fourth-order valence-electron chi connectivity index (χ4n) is 2.95. The van der Waals surface area contributed by atoms with Crippen LogP contribution in [0.25, 0.3) is 0 Å². The summed E-state index contributed by atoms with van der Waals surface area (Å²) in [5.74, 6) is -5.56. The summed E-state index contributed by atoms with van der Waals surface area (Å²) in [5.41, 5.74) is 0.0206. The maximum atomic E-state index is 12.0. The van der Waals surface area contributed by atoms with Crippen molar-refractivity contribution in [3.05, 3.63) is 40.4 Å². The van der Waals surface area contributed by atoms with Gasteiger partial charge in [-0.2, -0.15) is 0 Å². The quantitative estimate of drug-likeness (QED) is 0.316. The van der Waals surface area contributed by atoms with Gasteiger partial charge in [0.25, 0.3) is 0 Å². The summed E-state index contributed by atoms with van der Waals surface area (Å²) in [7, 11) is 0. The molecule has 0 saturated carbocycles. The van der Waals surface area contributed by atoms with E-state index in [1.165, 1.54) is 0 Å². The minimum atomic E-state index is -1.30. The third kappa shape index (κ3) is 1.31. The van der Waals surface area contributed by atoms with Crippen molar-refractivity contribution in [1.29, 1.82) is 0 Å². The second-order valence-electron chi connectivity index (χ2n) is 5.10. The monoisotopic (exact) mass is 304 g/mol. The molecule has 112 valence electrons. The average molecular weight is 304 g/mol. The summed E-state index contributed by atoms with van der Waals surface area (Å²) in [5, 5.41) is 39.1. The van der Waals surface area contributed by atoms with Crippen LogP contribution in [0.3, 0.4) is 0 Å². The second kappa shape index (κ2) is 3.73. The number of allylic oxidation sites excluding steroid dienone is 1. The van der Waals surface area contributed by atoms with Crippen LogP contribution in [-0.4, -0.2) is 38.5 Å². The third-order valence-electron chi connectivity index (χ3n) is 3.93. The van der Waals surface area contributed by atoms with Gasteiger partial charge in [0.1, 0.15) is 0 Å². The van der Waals surface area contributed by atoms with Gasteiger partial charge in [0.2, 0.25) is 5.75 Å². The van der Waals surface area contributed by atoms with Gasteiger partial charge in [-0.15, -0.1) is 0 Å². The van der Waals surface area contributed by atoms with Crippen LogP contribution in [0.4, 0.5) is 0 Å². The lowest BCUT2D eigenvalue weighted by Crippen LogP contribution is -2.42. The van der Waals surface area contributed by atoms with Gasteiger partial charge in [0, 0.05) is 5.56 Å². The van der Waals surface area contributed by atoms with Gasteiger partial charge in [-0.3, -0.25) is 0 Å². The normalized spacial score (nSPS) is 25.2. The van der Waals surface area contributed by atoms with Crippen molar-refractivity contribution in [3.8, 4) is 17.2 Å². The number of hydrogen-bond acceptors (Lipinski definition) is 8. The van der Waals surface area contributed by atoms with E-state index in [0.29, 0.717) is 0 Å². The van der Waals surface area contributed by atoms with Crippen molar-refractivity contribution < 1.29 is 39.5 Å². The molecule has 2 aliphatic heterocycles. The van der Waals surface area contributed by atoms with Crippen LogP contribution in [0.5, 0.6) is 17.2 Å². The number of phenolic OH excluding ortho intramolecular Hbond substituents is 2. The van der Waals surface area contributed by atoms with Gasteiger partial charge in [-0.05, 0) is 12.1 Å². The molecule has 0 unspecified atom stereocenters. The van der Waals surface area contributed by atoms with E-state index in [1.54, 1.807) is 0 Å². The molecule has 0 bridgehead atoms. The Balaban J connectivity index is 2.09. The van der Waals surface area contributed by atoms with E-state index in [4.69, 9.17) is 9.47 Å². The van der Waals surface area contributed by atoms with Crippen LogP contribution in [0.15, 0.2) is 29.2 Å². The number of carbonyl (C=O) groups excluding carboxylic acids is 2. The lowest BCUT2D eigenvalue weighted by atomic mass is 9.76. The lowest BCUT2D eigenvalue weighted by Gasteiger charge is -2.38. The highest BCUT2D eigenvalue weighted by Crippen LogP contribution is 2.54. The molecule has 0 amide bonds. The molecule has 4 N–H and O–H groups in total. The molecule has 8 heteroatoms. The van der Waals surface area contributed by atoms with Gasteiger partial charge in [-0.1, -0.05) is 0 Å². The van der Waals surface area contributed by atoms with E-state index < -0.39 is 47.0 Å². The Bertz CT molecular complexity index is 832. The Morgan fingerprint density at radius 3 is 2.50 bits per heavy atom. The first-order valence-electron chi connectivity index (χ1n) is 6.25. The number of hydrogen-bond donors (Lipinski definition) is 4. The number of aliphatic hydroxyl groups excluding tert-OH is 2. The van der Waals surface area contributed by atoms with E-state index in [2.05, 4.69) is 0 Å². The minimum absolute atomic E-state index is 0.0216. The topological polar surface area (TPSA) is 134 Å². The van der Waals surface area contributed by atoms with Crippen molar-refractivity contribution in [2.45, 2.75) is 12.0 Å². The van der Waals surface area contributed by atoms with Gasteiger partial charge < -0.3 is 29.9 Å². The molecule has 0 spiro atoms. The highest BCUT2D eigenvalue weighted by molar-refractivity contribution is 6.02. The number of ether oxygens (including phenoxy) is 2. The maximum absolute atomic E-state index is 12.0. The smallest absolute Gasteiger partial charge is 0.340 e. The summed E-state index contributed by atoms with van der Waals surface area (Å²) >= 11 is 0. The zero-order valence-electron chi connectivity index (χ0n) is 10.7. The predicted octanol–water partition coefficient (Wildman–Crippen LogP) is 0.907. The fraction of sp³-hybridized carbons (Fsp3) is 0.143. The molecule has 0 fully saturated rings. The van der Waals surface area contributed by atoms with Crippen molar-refractivity contribution >= 4 is 11.9 Å². The first-order valence-corrected chi connectivity index (χ1v) is 6.25. The van der Waals surface area contributed by atoms with Crippen molar-refractivity contribution in [2.24, 2.45) is 0 Å². The van der Waals surface area contributed by atoms with Crippen molar-refractivity contribution in [3.63, 3.8) is 0 Å². The minimum Gasteiger partial charge on any atom is -0.505 e. The van der Waals surface area contributed by atoms with E-state index in [1.807, 2.05) is 0 Å². The van der Waals surface area contributed by atoms with E-state index in [9.17, 15) is 30.0 Å². The number of benzene rings is 1. The van der Waals surface area contributed by atoms with E-state index in [-0.39, 0.29) is 22.4 Å². The van der Waals surface area contributed by atoms with Crippen LogP contribution in [0.1, 0.15) is 21.8 Å². The molecule has 2 heterocycles. The molecule has 2 atom stereocenters. The first kappa shape index (κ1) is 12.6. The molecule has 1 aliphatic carbocycles. The summed E-state index contributed by atoms with van der Waals surface area (Å²) in [6.45, 7) is 0. The van der Waals surface area contributed by atoms with Gasteiger partial charge in [0.15, 0.2) is 29.1 Å². The van der Waals surface area contributed by atoms with Crippen LogP contribution in [-0.2, 0) is 9.53 Å². The number of aliphatic hydroxyl groups is 2. The van der Waals surface area contributed by atoms with Crippen molar-refractivity contribution in [2.75, 3.05) is 0 Å². The fourth-order valence-corrected chi connectivity index (χ4v) is 2.95. The summed E-state index contributed by atoms with van der Waals surface area (Å²) in [6, 6.07) is 0.999. The molecular weight excluding hydrogens is 296 g/mol. The average Bonchev–Trinajstić information content (AvgIpc) is 2.47. The van der Waals surface area contributed by atoms with E-state index >= 15 is 0 Å². The lowest BCUT2D eigenvalue weighted by molar-refractivity contribution is -0.132. The van der Waals surface area contributed by atoms with Gasteiger partial charge >= 0.3 is 11.9 Å². The molecule has 3 aliphatic rings. The summed E-state index contributed by atoms with van der Waals surface area (Å²) in [4.78, 5) is 24.1. The number of phenols is 2. The Hall–Kier alpha value is -3.16. The molecule has 1 aromatic rings. The number of rotatable bonds is 0. The third-order valence-corrected chi connectivity index (χ3v) is 3.93. The SMILES string of the molecule is O=C1Oc2c(O)c(O)cc3c2[C@@H]2C1=CC(O)=C(O)[C@H]2OC3=O. The predicted molar refractivity (Wildman–Crippen MR) is 67.7 cm³/mol. The van der Waals surface area contributed by atoms with E-state index in [0.717, 1.165) is 12.1 Å². The highest BCUT2D eigenvalue weighted by atomic mass is 16.6. The molecule has 1 aromatic carbocycles. The largest absolute Gasteiger partial charge is 0.505 e. The summed E-state index contributed by atoms with van der Waals surface area (Å²) in [6.07, 6.45) is -0.273. The Kier molecular flexibility index (Phi) is 2.13. The molecule has 4 rings (SSSR count). The molecule has 0 saturated heterocycles. The molecular formula is C14H8O8. The molecule has 0 aromatic heterocycles. The first-order chi connectivity index (χ1) is 10.4. The summed E-state index contributed by atoms with van der Waals surface area (Å²) < 4.78 is 10.0. The number of aromatic hydroxyl groups is 2. The Morgan fingerprint density at radius 2 is 1.77 bits per heavy atom. The molecule has 22 heavy (non-hydrogen) atoms.